The topological polar surface area (TPSA) is 82.4 Å². The van der Waals surface area contributed by atoms with Crippen LogP contribution in [0.2, 0.25) is 0 Å². The number of nitrogens with zero attached hydrogens (tertiary/aromatic N) is 1. The van der Waals surface area contributed by atoms with Crippen LogP contribution in [0.4, 0.5) is 5.69 Å². The van der Waals surface area contributed by atoms with E-state index in [4.69, 9.17) is 15.1 Å². The number of hydrogen-bond donors (Lipinski definition) is 2. The normalized spacial score (nSPS) is 10.6. The Labute approximate surface area is 105 Å². The fourth-order valence-electron chi connectivity index (χ4n) is 1.29. The molecule has 1 rings (SSSR count). The molecule has 0 radical (unpaired) electrons. The molecule has 1 aromatic rings. The molecule has 0 bridgehead atoms. The van der Waals surface area contributed by atoms with E-state index in [1.807, 2.05) is 0 Å². The summed E-state index contributed by atoms with van der Waals surface area (Å²) >= 11 is 0. The van der Waals surface area contributed by atoms with E-state index in [2.05, 4.69) is 5.32 Å². The highest BCUT2D eigenvalue weighted by Gasteiger charge is 2.09. The standard InChI is InChI=1S/C13H14N2O3/c1-2-18-13(17)11(7-14)8-15-12-6-4-3-5-10(12)9-16/h3-6,8,15-16H,2,9H2,1H3/b11-8+. The second-order valence-corrected chi connectivity index (χ2v) is 3.35. The lowest BCUT2D eigenvalue weighted by atomic mass is 10.2. The van der Waals surface area contributed by atoms with Crippen molar-refractivity contribution in [3.05, 3.63) is 41.6 Å². The Kier molecular flexibility index (Phi) is 5.42. The van der Waals surface area contributed by atoms with Crippen molar-refractivity contribution in [1.29, 1.82) is 5.26 Å². The van der Waals surface area contributed by atoms with Crippen LogP contribution in [-0.4, -0.2) is 17.7 Å². The summed E-state index contributed by atoms with van der Waals surface area (Å²) < 4.78 is 4.72. The first-order valence-electron chi connectivity index (χ1n) is 5.45. The maximum atomic E-state index is 11.3. The van der Waals surface area contributed by atoms with E-state index >= 15 is 0 Å². The van der Waals surface area contributed by atoms with Gasteiger partial charge in [-0.3, -0.25) is 0 Å². The molecule has 1 aromatic carbocycles. The Morgan fingerprint density at radius 1 is 1.56 bits per heavy atom. The zero-order chi connectivity index (χ0) is 13.4. The third kappa shape index (κ3) is 3.61. The van der Waals surface area contributed by atoms with Crippen molar-refractivity contribution in [2.45, 2.75) is 13.5 Å². The van der Waals surface area contributed by atoms with E-state index in [1.165, 1.54) is 6.20 Å². The third-order valence-corrected chi connectivity index (χ3v) is 2.18. The van der Waals surface area contributed by atoms with Crippen LogP contribution in [0.5, 0.6) is 0 Å². The second kappa shape index (κ2) is 7.09. The van der Waals surface area contributed by atoms with Crippen LogP contribution in [0.25, 0.3) is 0 Å². The van der Waals surface area contributed by atoms with Gasteiger partial charge >= 0.3 is 5.97 Å². The molecule has 0 atom stereocenters. The number of anilines is 1. The Bertz CT molecular complexity index is 489. The van der Waals surface area contributed by atoms with Crippen molar-refractivity contribution in [2.24, 2.45) is 0 Å². The molecule has 5 nitrogen and oxygen atoms in total. The molecular formula is C13H14N2O3. The minimum atomic E-state index is -0.672. The monoisotopic (exact) mass is 246 g/mol. The number of ether oxygens (including phenoxy) is 1. The van der Waals surface area contributed by atoms with E-state index < -0.39 is 5.97 Å². The fourth-order valence-corrected chi connectivity index (χ4v) is 1.29. The average molecular weight is 246 g/mol. The van der Waals surface area contributed by atoms with Crippen molar-refractivity contribution >= 4 is 11.7 Å². The van der Waals surface area contributed by atoms with Gasteiger partial charge in [0.25, 0.3) is 0 Å². The zero-order valence-corrected chi connectivity index (χ0v) is 10.0. The molecule has 0 aromatic heterocycles. The molecule has 0 aliphatic carbocycles. The Hall–Kier alpha value is -2.32. The van der Waals surface area contributed by atoms with Gasteiger partial charge < -0.3 is 15.2 Å². The van der Waals surface area contributed by atoms with Gasteiger partial charge in [-0.2, -0.15) is 5.26 Å². The van der Waals surface area contributed by atoms with E-state index in [9.17, 15) is 4.79 Å². The van der Waals surface area contributed by atoms with Crippen LogP contribution >= 0.6 is 0 Å². The summed E-state index contributed by atoms with van der Waals surface area (Å²) in [7, 11) is 0. The van der Waals surface area contributed by atoms with Gasteiger partial charge in [0.1, 0.15) is 6.07 Å². The molecular weight excluding hydrogens is 232 g/mol. The molecule has 0 saturated heterocycles. The molecule has 0 amide bonds. The first kappa shape index (κ1) is 13.7. The molecule has 0 heterocycles. The summed E-state index contributed by atoms with van der Waals surface area (Å²) in [5.41, 5.74) is 1.19. The Morgan fingerprint density at radius 3 is 2.89 bits per heavy atom. The number of hydrogen-bond acceptors (Lipinski definition) is 5. The van der Waals surface area contributed by atoms with Gasteiger partial charge in [0.05, 0.1) is 13.2 Å². The number of nitriles is 1. The molecule has 0 fully saturated rings. The summed E-state index contributed by atoms with van der Waals surface area (Å²) in [6, 6.07) is 8.81. The smallest absolute Gasteiger partial charge is 0.350 e. The van der Waals surface area contributed by atoms with Crippen molar-refractivity contribution in [3.63, 3.8) is 0 Å². The van der Waals surface area contributed by atoms with Crippen LogP contribution in [0.3, 0.4) is 0 Å². The predicted octanol–water partition coefficient (Wildman–Crippen LogP) is 1.56. The lowest BCUT2D eigenvalue weighted by Gasteiger charge is -2.07. The molecule has 0 saturated carbocycles. The van der Waals surface area contributed by atoms with Gasteiger partial charge in [0, 0.05) is 17.5 Å². The fraction of sp³-hybridized carbons (Fsp3) is 0.231. The van der Waals surface area contributed by atoms with Crippen LogP contribution in [-0.2, 0) is 16.1 Å². The lowest BCUT2D eigenvalue weighted by Crippen LogP contribution is -2.08. The minimum Gasteiger partial charge on any atom is -0.462 e. The first-order valence-corrected chi connectivity index (χ1v) is 5.45. The maximum absolute atomic E-state index is 11.3. The highest BCUT2D eigenvalue weighted by Crippen LogP contribution is 2.15. The number of rotatable bonds is 5. The van der Waals surface area contributed by atoms with Gasteiger partial charge in [-0.15, -0.1) is 0 Å². The van der Waals surface area contributed by atoms with E-state index in [-0.39, 0.29) is 18.8 Å². The zero-order valence-electron chi connectivity index (χ0n) is 10.0. The number of para-hydroxylation sites is 1. The molecule has 5 heteroatoms. The van der Waals surface area contributed by atoms with Gasteiger partial charge in [-0.1, -0.05) is 18.2 Å². The van der Waals surface area contributed by atoms with Gasteiger partial charge in [-0.25, -0.2) is 4.79 Å². The van der Waals surface area contributed by atoms with Crippen molar-refractivity contribution in [3.8, 4) is 6.07 Å². The summed E-state index contributed by atoms with van der Waals surface area (Å²) in [4.78, 5) is 11.3. The van der Waals surface area contributed by atoms with Crippen LogP contribution in [0, 0.1) is 11.3 Å². The molecule has 18 heavy (non-hydrogen) atoms. The molecule has 0 unspecified atom stereocenters. The number of nitrogens with one attached hydrogen (secondary N) is 1. The number of benzene rings is 1. The number of aliphatic hydroxyl groups is 1. The van der Waals surface area contributed by atoms with Gasteiger partial charge in [0.15, 0.2) is 5.57 Å². The number of carbonyl (C=O) groups is 1. The number of carbonyl (C=O) groups excluding carboxylic acids is 1. The summed E-state index contributed by atoms with van der Waals surface area (Å²) in [5.74, 6) is -0.672. The SMILES string of the molecule is CCOC(=O)/C(C#N)=C/Nc1ccccc1CO. The Balaban J connectivity index is 2.84. The van der Waals surface area contributed by atoms with E-state index in [0.29, 0.717) is 11.3 Å². The summed E-state index contributed by atoms with van der Waals surface area (Å²) in [6.45, 7) is 1.75. The van der Waals surface area contributed by atoms with Crippen molar-refractivity contribution in [1.82, 2.24) is 0 Å². The highest BCUT2D eigenvalue weighted by atomic mass is 16.5. The number of esters is 1. The largest absolute Gasteiger partial charge is 0.462 e. The van der Waals surface area contributed by atoms with Gasteiger partial charge in [-0.05, 0) is 13.0 Å². The average Bonchev–Trinajstić information content (AvgIpc) is 2.40. The predicted molar refractivity (Wildman–Crippen MR) is 66.3 cm³/mol. The van der Waals surface area contributed by atoms with Crippen molar-refractivity contribution in [2.75, 3.05) is 11.9 Å². The second-order valence-electron chi connectivity index (χ2n) is 3.35. The molecule has 2 N–H and O–H groups in total. The lowest BCUT2D eigenvalue weighted by molar-refractivity contribution is -0.138. The minimum absolute atomic E-state index is 0.121. The molecule has 0 spiro atoms. The summed E-state index contributed by atoms with van der Waals surface area (Å²) in [6.07, 6.45) is 1.27. The van der Waals surface area contributed by atoms with Crippen LogP contribution < -0.4 is 5.32 Å². The van der Waals surface area contributed by atoms with E-state index in [1.54, 1.807) is 37.3 Å². The first-order chi connectivity index (χ1) is 8.72. The van der Waals surface area contributed by atoms with Crippen LogP contribution in [0.15, 0.2) is 36.0 Å². The molecule has 0 aliphatic heterocycles. The van der Waals surface area contributed by atoms with Crippen molar-refractivity contribution < 1.29 is 14.6 Å². The van der Waals surface area contributed by atoms with Crippen LogP contribution in [0.1, 0.15) is 12.5 Å². The third-order valence-electron chi connectivity index (χ3n) is 2.18. The number of aliphatic hydroxyl groups excluding tert-OH is 1. The Morgan fingerprint density at radius 2 is 2.28 bits per heavy atom. The summed E-state index contributed by atoms with van der Waals surface area (Å²) in [5, 5.41) is 20.7. The molecule has 0 aliphatic rings. The van der Waals surface area contributed by atoms with Gasteiger partial charge in [0.2, 0.25) is 0 Å². The molecule has 94 valence electrons. The maximum Gasteiger partial charge on any atom is 0.350 e. The quantitative estimate of drug-likeness (QED) is 0.468. The highest BCUT2D eigenvalue weighted by molar-refractivity contribution is 5.93. The van der Waals surface area contributed by atoms with E-state index in [0.717, 1.165) is 0 Å².